The summed E-state index contributed by atoms with van der Waals surface area (Å²) in [5.41, 5.74) is 5.58. The maximum Gasteiger partial charge on any atom is 0.0717 e. The molecule has 0 atom stereocenters. The molecule has 1 fully saturated rings. The molecule has 2 aromatic carbocycles. The molecule has 35 heavy (non-hydrogen) atoms. The van der Waals surface area contributed by atoms with E-state index in [0.717, 1.165) is 24.9 Å². The lowest BCUT2D eigenvalue weighted by Crippen LogP contribution is -2.15. The molecule has 190 valence electrons. The fraction of sp³-hybridized carbons (Fsp3) is 0.529. The van der Waals surface area contributed by atoms with Crippen LogP contribution in [0.4, 0.5) is 0 Å². The second-order valence-corrected chi connectivity index (χ2v) is 10.6. The molecule has 0 aromatic heterocycles. The number of allylic oxidation sites excluding steroid dienone is 1. The highest BCUT2D eigenvalue weighted by Gasteiger charge is 2.20. The van der Waals surface area contributed by atoms with E-state index in [2.05, 4.69) is 74.2 Å². The average Bonchev–Trinajstić information content (AvgIpc) is 2.90. The summed E-state index contributed by atoms with van der Waals surface area (Å²) in [6.45, 7) is 7.43. The van der Waals surface area contributed by atoms with Crippen LogP contribution >= 0.6 is 0 Å². The third-order valence-corrected chi connectivity index (χ3v) is 7.64. The van der Waals surface area contributed by atoms with Crippen LogP contribution < -0.4 is 0 Å². The number of hydrogen-bond acceptors (Lipinski definition) is 1. The fourth-order valence-electron chi connectivity index (χ4n) is 5.28. The van der Waals surface area contributed by atoms with Crippen molar-refractivity contribution in [2.45, 2.75) is 97.0 Å². The summed E-state index contributed by atoms with van der Waals surface area (Å²) in [5.74, 6) is 1.90. The molecule has 0 unspecified atom stereocenters. The second kappa shape index (κ2) is 16.5. The molecule has 1 aliphatic rings. The predicted molar refractivity (Wildman–Crippen MR) is 153 cm³/mol. The van der Waals surface area contributed by atoms with E-state index >= 15 is 0 Å². The van der Waals surface area contributed by atoms with Crippen LogP contribution in [-0.2, 0) is 24.2 Å². The molecule has 1 nitrogen and oxygen atoms in total. The Morgan fingerprint density at radius 2 is 1.40 bits per heavy atom. The molecular weight excluding hydrogens is 424 g/mol. The Balaban J connectivity index is 1.24. The fourth-order valence-corrected chi connectivity index (χ4v) is 5.28. The molecule has 0 amide bonds. The molecule has 0 heterocycles. The van der Waals surface area contributed by atoms with Crippen molar-refractivity contribution in [2.75, 3.05) is 6.61 Å². The van der Waals surface area contributed by atoms with Crippen LogP contribution in [0.25, 0.3) is 6.08 Å². The van der Waals surface area contributed by atoms with Gasteiger partial charge in [0.1, 0.15) is 0 Å². The zero-order chi connectivity index (χ0) is 24.6. The summed E-state index contributed by atoms with van der Waals surface area (Å²) in [6.07, 6.45) is 23.5. The van der Waals surface area contributed by atoms with E-state index in [1.165, 1.54) is 99.3 Å². The molecule has 0 radical (unpaired) electrons. The van der Waals surface area contributed by atoms with E-state index in [1.807, 2.05) is 6.08 Å². The average molecular weight is 473 g/mol. The first-order valence-electron chi connectivity index (χ1n) is 14.3. The summed E-state index contributed by atoms with van der Waals surface area (Å²) < 4.78 is 5.67. The van der Waals surface area contributed by atoms with Gasteiger partial charge in [-0.25, -0.2) is 0 Å². The highest BCUT2D eigenvalue weighted by Crippen LogP contribution is 2.34. The number of benzene rings is 2. The van der Waals surface area contributed by atoms with Gasteiger partial charge in [-0.2, -0.15) is 0 Å². The van der Waals surface area contributed by atoms with E-state index in [1.54, 1.807) is 0 Å². The van der Waals surface area contributed by atoms with Crippen molar-refractivity contribution in [1.82, 2.24) is 0 Å². The van der Waals surface area contributed by atoms with E-state index in [0.29, 0.717) is 6.61 Å². The molecule has 0 saturated heterocycles. The minimum atomic E-state index is 0.709. The standard InChI is InChI=1S/C34H48O/c1-3-5-7-10-29-13-15-30(16-14-29)11-8-9-12-31-17-19-32(20-18-31)21-22-33-23-25-34(26-24-33)28-35-27-6-4-2/h4,7,10,13-16,23-26,31-32H,2-3,5-6,8-9,11-12,17-22,27-28H2,1H3. The van der Waals surface area contributed by atoms with Gasteiger partial charge in [-0.1, -0.05) is 119 Å². The van der Waals surface area contributed by atoms with Gasteiger partial charge < -0.3 is 4.74 Å². The molecule has 0 bridgehead atoms. The normalized spacial score (nSPS) is 18.2. The van der Waals surface area contributed by atoms with Crippen molar-refractivity contribution in [1.29, 1.82) is 0 Å². The monoisotopic (exact) mass is 472 g/mol. The minimum absolute atomic E-state index is 0.709. The van der Waals surface area contributed by atoms with E-state index in [9.17, 15) is 0 Å². The van der Waals surface area contributed by atoms with E-state index < -0.39 is 0 Å². The van der Waals surface area contributed by atoms with Gasteiger partial charge in [0.05, 0.1) is 13.2 Å². The van der Waals surface area contributed by atoms with Gasteiger partial charge >= 0.3 is 0 Å². The van der Waals surface area contributed by atoms with Crippen LogP contribution in [-0.4, -0.2) is 6.61 Å². The first kappa shape index (κ1) is 27.5. The predicted octanol–water partition coefficient (Wildman–Crippen LogP) is 9.74. The highest BCUT2D eigenvalue weighted by atomic mass is 16.5. The van der Waals surface area contributed by atoms with Crippen molar-refractivity contribution in [3.05, 3.63) is 89.5 Å². The molecule has 3 rings (SSSR count). The molecular formula is C34H48O. The Morgan fingerprint density at radius 3 is 2.09 bits per heavy atom. The maximum atomic E-state index is 5.67. The van der Waals surface area contributed by atoms with Crippen molar-refractivity contribution >= 4 is 6.08 Å². The largest absolute Gasteiger partial charge is 0.376 e. The molecule has 1 heteroatoms. The Hall–Kier alpha value is -2.12. The minimum Gasteiger partial charge on any atom is -0.376 e. The lowest BCUT2D eigenvalue weighted by molar-refractivity contribution is 0.125. The molecule has 1 saturated carbocycles. The van der Waals surface area contributed by atoms with Gasteiger partial charge in [-0.15, -0.1) is 6.58 Å². The Kier molecular flexibility index (Phi) is 13.0. The molecule has 0 N–H and O–H groups in total. The molecule has 0 aliphatic heterocycles. The van der Waals surface area contributed by atoms with Gasteiger partial charge in [-0.05, 0) is 72.6 Å². The summed E-state index contributed by atoms with van der Waals surface area (Å²) in [7, 11) is 0. The summed E-state index contributed by atoms with van der Waals surface area (Å²) in [5, 5.41) is 0. The van der Waals surface area contributed by atoms with Gasteiger partial charge in [0.25, 0.3) is 0 Å². The highest BCUT2D eigenvalue weighted by molar-refractivity contribution is 5.49. The van der Waals surface area contributed by atoms with Crippen molar-refractivity contribution in [3.8, 4) is 0 Å². The van der Waals surface area contributed by atoms with Crippen LogP contribution in [0.1, 0.15) is 99.8 Å². The zero-order valence-electron chi connectivity index (χ0n) is 22.2. The summed E-state index contributed by atoms with van der Waals surface area (Å²) in [6, 6.07) is 18.3. The van der Waals surface area contributed by atoms with Gasteiger partial charge in [0.2, 0.25) is 0 Å². The third kappa shape index (κ3) is 11.0. The summed E-state index contributed by atoms with van der Waals surface area (Å²) in [4.78, 5) is 0. The third-order valence-electron chi connectivity index (χ3n) is 7.64. The van der Waals surface area contributed by atoms with Crippen LogP contribution in [0.2, 0.25) is 0 Å². The van der Waals surface area contributed by atoms with Gasteiger partial charge in [0, 0.05) is 0 Å². The lowest BCUT2D eigenvalue weighted by Gasteiger charge is -2.28. The van der Waals surface area contributed by atoms with E-state index in [4.69, 9.17) is 4.74 Å². The smallest absolute Gasteiger partial charge is 0.0717 e. The molecule has 2 aromatic rings. The van der Waals surface area contributed by atoms with Crippen molar-refractivity contribution in [2.24, 2.45) is 11.8 Å². The summed E-state index contributed by atoms with van der Waals surface area (Å²) >= 11 is 0. The Bertz CT molecular complexity index is 837. The van der Waals surface area contributed by atoms with Crippen LogP contribution in [0.5, 0.6) is 0 Å². The quantitative estimate of drug-likeness (QED) is 0.174. The zero-order valence-corrected chi connectivity index (χ0v) is 22.2. The topological polar surface area (TPSA) is 9.23 Å². The SMILES string of the molecule is C=CCCOCc1ccc(CCC2CCC(CCCCc3ccc(C=CCCC)cc3)CC2)cc1. The van der Waals surface area contributed by atoms with Crippen LogP contribution in [0, 0.1) is 11.8 Å². The van der Waals surface area contributed by atoms with Crippen molar-refractivity contribution in [3.63, 3.8) is 0 Å². The lowest BCUT2D eigenvalue weighted by atomic mass is 9.77. The number of hydrogen-bond donors (Lipinski definition) is 0. The van der Waals surface area contributed by atoms with Gasteiger partial charge in [0.15, 0.2) is 0 Å². The van der Waals surface area contributed by atoms with Crippen LogP contribution in [0.3, 0.4) is 0 Å². The Morgan fingerprint density at radius 1 is 0.771 bits per heavy atom. The maximum absolute atomic E-state index is 5.67. The van der Waals surface area contributed by atoms with Crippen LogP contribution in [0.15, 0.2) is 67.3 Å². The first-order chi connectivity index (χ1) is 17.3. The number of ether oxygens (including phenoxy) is 1. The number of aryl methyl sites for hydroxylation is 2. The van der Waals surface area contributed by atoms with Crippen molar-refractivity contribution < 1.29 is 4.74 Å². The second-order valence-electron chi connectivity index (χ2n) is 10.6. The molecule has 0 spiro atoms. The Labute approximate surface area is 215 Å². The molecule has 1 aliphatic carbocycles. The first-order valence-corrected chi connectivity index (χ1v) is 14.3. The van der Waals surface area contributed by atoms with E-state index in [-0.39, 0.29) is 0 Å². The number of rotatable bonds is 16. The van der Waals surface area contributed by atoms with Gasteiger partial charge in [-0.3, -0.25) is 0 Å². The number of unbranched alkanes of at least 4 members (excludes halogenated alkanes) is 2.